The standard InChI is InChI=1S/C13H27N.C12H25N.C8H14F3NO/c1-11(12(2,3)4)14-10-8-7-9-13(14,5)6;1-11(2,3)10-13-9-7-6-8-12(13,4)5;1-5(8(9,10)11)12-6(13)7(2,3)4/h11H,7-10H2,1-6H3;6-10H2,1-5H3;5H,1-4H3,(H,12,13). The van der Waals surface area contributed by atoms with E-state index in [4.69, 9.17) is 0 Å². The Balaban J connectivity index is 0.000000571. The van der Waals surface area contributed by atoms with Crippen LogP contribution in [0.3, 0.4) is 0 Å². The number of nitrogens with zero attached hydrogens (tertiary/aromatic N) is 2. The van der Waals surface area contributed by atoms with Gasteiger partial charge in [0, 0.05) is 29.1 Å². The maximum Gasteiger partial charge on any atom is 0.408 e. The van der Waals surface area contributed by atoms with E-state index in [0.717, 1.165) is 6.92 Å². The van der Waals surface area contributed by atoms with Crippen LogP contribution in [0.5, 0.6) is 0 Å². The lowest BCUT2D eigenvalue weighted by atomic mass is 9.81. The lowest BCUT2D eigenvalue weighted by Crippen LogP contribution is -2.55. The first-order chi connectivity index (χ1) is 17.6. The highest BCUT2D eigenvalue weighted by Crippen LogP contribution is 2.35. The quantitative estimate of drug-likeness (QED) is 0.363. The Hall–Kier alpha value is -0.820. The average molecular weight is 578 g/mol. The number of amides is 1. The van der Waals surface area contributed by atoms with Crippen molar-refractivity contribution >= 4 is 5.91 Å². The normalized spacial score (nSPS) is 22.1. The van der Waals surface area contributed by atoms with Gasteiger partial charge >= 0.3 is 6.18 Å². The molecule has 2 saturated heterocycles. The van der Waals surface area contributed by atoms with Crippen LogP contribution in [0.25, 0.3) is 0 Å². The van der Waals surface area contributed by atoms with E-state index in [1.807, 2.05) is 5.32 Å². The summed E-state index contributed by atoms with van der Waals surface area (Å²) in [5, 5.41) is 1.90. The number of carbonyl (C=O) groups excluding carboxylic acids is 1. The van der Waals surface area contributed by atoms with Crippen LogP contribution in [-0.4, -0.2) is 64.7 Å². The predicted molar refractivity (Wildman–Crippen MR) is 166 cm³/mol. The van der Waals surface area contributed by atoms with E-state index in [0.29, 0.717) is 27.9 Å². The topological polar surface area (TPSA) is 35.6 Å². The Morgan fingerprint density at radius 3 is 1.57 bits per heavy atom. The summed E-state index contributed by atoms with van der Waals surface area (Å²) >= 11 is 0. The molecule has 2 atom stereocenters. The molecule has 2 unspecified atom stereocenters. The van der Waals surface area contributed by atoms with Crippen molar-refractivity contribution in [1.29, 1.82) is 0 Å². The Bertz CT molecular complexity index is 755. The van der Waals surface area contributed by atoms with Gasteiger partial charge in [-0.3, -0.25) is 14.6 Å². The van der Waals surface area contributed by atoms with E-state index in [9.17, 15) is 18.0 Å². The van der Waals surface area contributed by atoms with Gasteiger partial charge in [-0.15, -0.1) is 0 Å². The Kier molecular flexibility index (Phi) is 14.3. The number of nitrogens with one attached hydrogen (secondary N) is 1. The van der Waals surface area contributed by atoms with Gasteiger partial charge in [0.15, 0.2) is 0 Å². The van der Waals surface area contributed by atoms with Gasteiger partial charge in [-0.25, -0.2) is 0 Å². The number of carbonyl (C=O) groups is 1. The summed E-state index contributed by atoms with van der Waals surface area (Å²) < 4.78 is 35.9. The zero-order valence-corrected chi connectivity index (χ0v) is 29.0. The lowest BCUT2D eigenvalue weighted by molar-refractivity contribution is -0.160. The Labute approximate surface area is 246 Å². The SMILES string of the molecule is CC(C)(C)CN1CCCCC1(C)C.CC(N1CCCCC1(C)C)C(C)(C)C.CC(NC(=O)C(C)(C)C)C(F)(F)F. The van der Waals surface area contributed by atoms with Gasteiger partial charge in [-0.05, 0) is 91.1 Å². The van der Waals surface area contributed by atoms with Crippen LogP contribution in [0.4, 0.5) is 13.2 Å². The van der Waals surface area contributed by atoms with Gasteiger partial charge in [0.2, 0.25) is 5.91 Å². The number of halogens is 3. The second-order valence-electron chi connectivity index (χ2n) is 16.7. The van der Waals surface area contributed by atoms with Crippen LogP contribution in [-0.2, 0) is 4.79 Å². The molecule has 4 nitrogen and oxygen atoms in total. The third-order valence-electron chi connectivity index (χ3n) is 8.44. The molecule has 0 aliphatic carbocycles. The maximum absolute atomic E-state index is 12.0. The Morgan fingerprint density at radius 1 is 0.775 bits per heavy atom. The van der Waals surface area contributed by atoms with E-state index < -0.39 is 23.5 Å². The van der Waals surface area contributed by atoms with Gasteiger partial charge in [-0.2, -0.15) is 13.2 Å². The highest BCUT2D eigenvalue weighted by atomic mass is 19.4. The smallest absolute Gasteiger partial charge is 0.344 e. The van der Waals surface area contributed by atoms with Crippen LogP contribution < -0.4 is 5.32 Å². The number of hydrogen-bond donors (Lipinski definition) is 1. The molecule has 0 saturated carbocycles. The van der Waals surface area contributed by atoms with Crippen molar-refractivity contribution in [2.75, 3.05) is 19.6 Å². The predicted octanol–water partition coefficient (Wildman–Crippen LogP) is 9.08. The van der Waals surface area contributed by atoms with Crippen LogP contribution in [0, 0.1) is 16.2 Å². The number of piperidine rings is 2. The molecule has 0 bridgehead atoms. The van der Waals surface area contributed by atoms with E-state index in [-0.39, 0.29) is 0 Å². The molecule has 1 N–H and O–H groups in total. The molecule has 1 amide bonds. The van der Waals surface area contributed by atoms with Crippen LogP contribution in [0.15, 0.2) is 0 Å². The number of likely N-dealkylation sites (tertiary alicyclic amines) is 2. The first-order valence-electron chi connectivity index (χ1n) is 15.5. The molecule has 2 aliphatic heterocycles. The lowest BCUT2D eigenvalue weighted by Gasteiger charge is -2.50. The van der Waals surface area contributed by atoms with E-state index in [2.05, 4.69) is 86.0 Å². The van der Waals surface area contributed by atoms with E-state index in [1.54, 1.807) is 20.8 Å². The van der Waals surface area contributed by atoms with E-state index >= 15 is 0 Å². The highest BCUT2D eigenvalue weighted by molar-refractivity contribution is 5.81. The molecule has 40 heavy (non-hydrogen) atoms. The highest BCUT2D eigenvalue weighted by Gasteiger charge is 2.39. The molecule has 0 aromatic carbocycles. The minimum absolute atomic E-state index is 0.397. The summed E-state index contributed by atoms with van der Waals surface area (Å²) in [4.78, 5) is 16.5. The average Bonchev–Trinajstić information content (AvgIpc) is 2.72. The van der Waals surface area contributed by atoms with Crippen LogP contribution >= 0.6 is 0 Å². The fourth-order valence-electron chi connectivity index (χ4n) is 5.15. The van der Waals surface area contributed by atoms with Gasteiger partial charge in [0.05, 0.1) is 0 Å². The summed E-state index contributed by atoms with van der Waals surface area (Å²) in [5.41, 5.74) is 0.888. The third kappa shape index (κ3) is 14.4. The van der Waals surface area contributed by atoms with Gasteiger partial charge < -0.3 is 5.32 Å². The fraction of sp³-hybridized carbons (Fsp3) is 0.970. The molecular weight excluding hydrogens is 511 g/mol. The monoisotopic (exact) mass is 578 g/mol. The largest absolute Gasteiger partial charge is 0.408 e. The molecule has 240 valence electrons. The molecule has 2 rings (SSSR count). The molecule has 7 heteroatoms. The van der Waals surface area contributed by atoms with Crippen molar-refractivity contribution in [3.63, 3.8) is 0 Å². The molecule has 2 fully saturated rings. The summed E-state index contributed by atoms with van der Waals surface area (Å²) in [6.07, 6.45) is 3.93. The molecule has 0 spiro atoms. The molecule has 2 heterocycles. The van der Waals surface area contributed by atoms with Crippen molar-refractivity contribution in [3.05, 3.63) is 0 Å². The van der Waals surface area contributed by atoms with Crippen molar-refractivity contribution in [3.8, 4) is 0 Å². The maximum atomic E-state index is 12.0. The minimum atomic E-state index is -4.37. The van der Waals surface area contributed by atoms with Crippen molar-refractivity contribution in [2.45, 2.75) is 172 Å². The molecular formula is C33H66F3N3O. The number of hydrogen-bond acceptors (Lipinski definition) is 3. The number of rotatable bonds is 3. The van der Waals surface area contributed by atoms with Gasteiger partial charge in [-0.1, -0.05) is 75.2 Å². The minimum Gasteiger partial charge on any atom is -0.344 e. The zero-order chi connectivity index (χ0) is 32.0. The third-order valence-corrected chi connectivity index (χ3v) is 8.44. The van der Waals surface area contributed by atoms with Crippen LogP contribution in [0.1, 0.15) is 142 Å². The Morgan fingerprint density at radius 2 is 1.23 bits per heavy atom. The summed E-state index contributed by atoms with van der Waals surface area (Å²) in [5.74, 6) is -0.600. The molecule has 0 aromatic heterocycles. The summed E-state index contributed by atoms with van der Waals surface area (Å²) in [6, 6.07) is -1.11. The van der Waals surface area contributed by atoms with E-state index in [1.165, 1.54) is 58.2 Å². The van der Waals surface area contributed by atoms with Crippen LogP contribution in [0.2, 0.25) is 0 Å². The van der Waals surface area contributed by atoms with Gasteiger partial charge in [0.1, 0.15) is 6.04 Å². The molecule has 0 aromatic rings. The second kappa shape index (κ2) is 14.6. The zero-order valence-electron chi connectivity index (χ0n) is 29.0. The van der Waals surface area contributed by atoms with Crippen molar-refractivity contribution in [1.82, 2.24) is 15.1 Å². The van der Waals surface area contributed by atoms with Crippen molar-refractivity contribution < 1.29 is 18.0 Å². The van der Waals surface area contributed by atoms with Crippen molar-refractivity contribution in [2.24, 2.45) is 16.2 Å². The number of alkyl halides is 3. The van der Waals surface area contributed by atoms with Gasteiger partial charge in [0.25, 0.3) is 0 Å². The second-order valence-corrected chi connectivity index (χ2v) is 16.7. The molecule has 0 radical (unpaired) electrons. The first kappa shape index (κ1) is 39.2. The summed E-state index contributed by atoms with van der Waals surface area (Å²) in [6.45, 7) is 35.4. The fourth-order valence-corrected chi connectivity index (χ4v) is 5.15. The first-order valence-corrected chi connectivity index (χ1v) is 15.5. The molecule has 2 aliphatic rings. The summed E-state index contributed by atoms with van der Waals surface area (Å²) in [7, 11) is 0.